The largest absolute Gasteiger partial charge is 0.378 e. The number of aryl methyl sites for hydroxylation is 1. The Balaban J connectivity index is 1.54. The highest BCUT2D eigenvalue weighted by Gasteiger charge is 2.11. The van der Waals surface area contributed by atoms with Crippen molar-refractivity contribution >= 4 is 23.4 Å². The van der Waals surface area contributed by atoms with Crippen molar-refractivity contribution in [2.75, 3.05) is 24.3 Å². The molecule has 1 N–H and O–H groups in total. The van der Waals surface area contributed by atoms with E-state index in [4.69, 9.17) is 0 Å². The fourth-order valence-corrected chi connectivity index (χ4v) is 3.58. The second-order valence-corrected chi connectivity index (χ2v) is 7.30. The predicted molar refractivity (Wildman–Crippen MR) is 118 cm³/mol. The molecule has 0 aromatic heterocycles. The molecular weight excluding hydrogens is 344 g/mol. The van der Waals surface area contributed by atoms with Crippen molar-refractivity contribution in [2.45, 2.75) is 12.8 Å². The van der Waals surface area contributed by atoms with Crippen LogP contribution in [0.25, 0.3) is 17.2 Å². The minimum absolute atomic E-state index is 0.100. The molecule has 0 unspecified atom stereocenters. The topological polar surface area (TPSA) is 32.3 Å². The third-order valence-corrected chi connectivity index (χ3v) is 5.14. The summed E-state index contributed by atoms with van der Waals surface area (Å²) in [5.74, 6) is -0.100. The van der Waals surface area contributed by atoms with Crippen LogP contribution in [0.2, 0.25) is 0 Å². The van der Waals surface area contributed by atoms with Gasteiger partial charge >= 0.3 is 0 Å². The summed E-state index contributed by atoms with van der Waals surface area (Å²) >= 11 is 0. The van der Waals surface area contributed by atoms with Crippen LogP contribution in [0.3, 0.4) is 0 Å². The first kappa shape index (κ1) is 18.1. The lowest BCUT2D eigenvalue weighted by atomic mass is 9.90. The lowest BCUT2D eigenvalue weighted by molar-refractivity contribution is 0.102. The van der Waals surface area contributed by atoms with Gasteiger partial charge in [-0.05, 0) is 65.4 Å². The number of rotatable bonds is 4. The van der Waals surface area contributed by atoms with E-state index in [0.717, 1.165) is 29.8 Å². The summed E-state index contributed by atoms with van der Waals surface area (Å²) in [6.45, 7) is 0. The molecular formula is C25H24N2O. The molecule has 1 aliphatic carbocycles. The van der Waals surface area contributed by atoms with E-state index >= 15 is 0 Å². The van der Waals surface area contributed by atoms with Gasteiger partial charge in [-0.1, -0.05) is 48.6 Å². The van der Waals surface area contributed by atoms with Gasteiger partial charge in [-0.15, -0.1) is 0 Å². The number of amides is 1. The van der Waals surface area contributed by atoms with E-state index in [9.17, 15) is 4.79 Å². The van der Waals surface area contributed by atoms with Gasteiger partial charge in [0.25, 0.3) is 5.91 Å². The summed E-state index contributed by atoms with van der Waals surface area (Å²) < 4.78 is 0. The van der Waals surface area contributed by atoms with E-state index in [1.165, 1.54) is 16.7 Å². The molecule has 140 valence electrons. The van der Waals surface area contributed by atoms with E-state index in [1.807, 2.05) is 55.4 Å². The van der Waals surface area contributed by atoms with Crippen LogP contribution in [-0.2, 0) is 6.42 Å². The molecule has 0 spiro atoms. The van der Waals surface area contributed by atoms with E-state index in [-0.39, 0.29) is 5.91 Å². The van der Waals surface area contributed by atoms with Crippen molar-refractivity contribution in [3.05, 3.63) is 89.5 Å². The molecule has 3 heteroatoms. The SMILES string of the molecule is CN(C)c1cccc(C(=O)Nc2ccc(-c3cccc4c3C=CCC4)cc2)c1. The molecule has 4 rings (SSSR count). The van der Waals surface area contributed by atoms with Gasteiger partial charge in [0.2, 0.25) is 0 Å². The average Bonchev–Trinajstić information content (AvgIpc) is 2.74. The smallest absolute Gasteiger partial charge is 0.255 e. The average molecular weight is 368 g/mol. The van der Waals surface area contributed by atoms with Crippen molar-refractivity contribution in [1.82, 2.24) is 0 Å². The molecule has 0 saturated heterocycles. The zero-order chi connectivity index (χ0) is 19.5. The Morgan fingerprint density at radius 3 is 2.54 bits per heavy atom. The Bertz CT molecular complexity index is 1030. The molecule has 1 amide bonds. The molecule has 0 aliphatic heterocycles. The van der Waals surface area contributed by atoms with Crippen molar-refractivity contribution < 1.29 is 4.79 Å². The van der Waals surface area contributed by atoms with Gasteiger partial charge in [-0.3, -0.25) is 4.79 Å². The second kappa shape index (κ2) is 7.73. The fraction of sp³-hybridized carbons (Fsp3) is 0.160. The first-order chi connectivity index (χ1) is 13.6. The molecule has 0 radical (unpaired) electrons. The molecule has 3 aromatic carbocycles. The number of allylic oxidation sites excluding steroid dienone is 1. The monoisotopic (exact) mass is 368 g/mol. The summed E-state index contributed by atoms with van der Waals surface area (Å²) in [5, 5.41) is 2.99. The van der Waals surface area contributed by atoms with Crippen LogP contribution in [0.15, 0.2) is 72.8 Å². The van der Waals surface area contributed by atoms with E-state index < -0.39 is 0 Å². The standard InChI is InChI=1S/C25H24N2O/c1-27(2)22-10-5-9-20(17-22)25(28)26-21-15-13-19(14-16-21)24-12-6-8-18-7-3-4-11-23(18)24/h4-6,8-17H,3,7H2,1-2H3,(H,26,28). The highest BCUT2D eigenvalue weighted by atomic mass is 16.1. The fourth-order valence-electron chi connectivity index (χ4n) is 3.58. The number of hydrogen-bond donors (Lipinski definition) is 1. The highest BCUT2D eigenvalue weighted by Crippen LogP contribution is 2.31. The van der Waals surface area contributed by atoms with Gasteiger partial charge in [0, 0.05) is 31.0 Å². The number of anilines is 2. The molecule has 3 nitrogen and oxygen atoms in total. The second-order valence-electron chi connectivity index (χ2n) is 7.30. The Labute approximate surface area is 166 Å². The van der Waals surface area contributed by atoms with Crippen molar-refractivity contribution in [1.29, 1.82) is 0 Å². The molecule has 0 bridgehead atoms. The van der Waals surface area contributed by atoms with Crippen LogP contribution in [-0.4, -0.2) is 20.0 Å². The van der Waals surface area contributed by atoms with Crippen molar-refractivity contribution in [2.24, 2.45) is 0 Å². The first-order valence-corrected chi connectivity index (χ1v) is 9.59. The lowest BCUT2D eigenvalue weighted by Crippen LogP contribution is -2.14. The maximum atomic E-state index is 12.6. The van der Waals surface area contributed by atoms with Gasteiger partial charge in [0.15, 0.2) is 0 Å². The summed E-state index contributed by atoms with van der Waals surface area (Å²) in [7, 11) is 3.93. The quantitative estimate of drug-likeness (QED) is 0.647. The molecule has 3 aromatic rings. The molecule has 0 atom stereocenters. The van der Waals surface area contributed by atoms with Crippen LogP contribution in [0.1, 0.15) is 27.9 Å². The summed E-state index contributed by atoms with van der Waals surface area (Å²) in [6.07, 6.45) is 6.67. The Hall–Kier alpha value is -3.33. The van der Waals surface area contributed by atoms with Gasteiger partial charge < -0.3 is 10.2 Å². The molecule has 0 saturated carbocycles. The van der Waals surface area contributed by atoms with Gasteiger partial charge in [0.1, 0.15) is 0 Å². The van der Waals surface area contributed by atoms with Crippen molar-refractivity contribution in [3.8, 4) is 11.1 Å². The number of hydrogen-bond acceptors (Lipinski definition) is 2. The lowest BCUT2D eigenvalue weighted by Gasteiger charge is -2.16. The number of carbonyl (C=O) groups is 1. The third-order valence-electron chi connectivity index (χ3n) is 5.14. The van der Waals surface area contributed by atoms with Crippen LogP contribution in [0.4, 0.5) is 11.4 Å². The molecule has 28 heavy (non-hydrogen) atoms. The minimum Gasteiger partial charge on any atom is -0.378 e. The van der Waals surface area contributed by atoms with Crippen LogP contribution < -0.4 is 10.2 Å². The molecule has 1 aliphatic rings. The Morgan fingerprint density at radius 2 is 1.75 bits per heavy atom. The predicted octanol–water partition coefficient (Wildman–Crippen LogP) is 5.63. The normalized spacial score (nSPS) is 12.4. The van der Waals surface area contributed by atoms with Crippen LogP contribution >= 0.6 is 0 Å². The Morgan fingerprint density at radius 1 is 0.964 bits per heavy atom. The number of nitrogens with zero attached hydrogens (tertiary/aromatic N) is 1. The summed E-state index contributed by atoms with van der Waals surface area (Å²) in [5.41, 5.74) is 7.57. The number of benzene rings is 3. The minimum atomic E-state index is -0.100. The van der Waals surface area contributed by atoms with Gasteiger partial charge in [0.05, 0.1) is 0 Å². The Kier molecular flexibility index (Phi) is 4.98. The number of fused-ring (bicyclic) bond motifs is 1. The van der Waals surface area contributed by atoms with Crippen molar-refractivity contribution in [3.63, 3.8) is 0 Å². The van der Waals surface area contributed by atoms with Crippen LogP contribution in [0.5, 0.6) is 0 Å². The number of nitrogens with one attached hydrogen (secondary N) is 1. The van der Waals surface area contributed by atoms with Gasteiger partial charge in [-0.2, -0.15) is 0 Å². The highest BCUT2D eigenvalue weighted by molar-refractivity contribution is 6.05. The molecule has 0 fully saturated rings. The first-order valence-electron chi connectivity index (χ1n) is 9.59. The van der Waals surface area contributed by atoms with E-state index in [1.54, 1.807) is 0 Å². The van der Waals surface area contributed by atoms with E-state index in [0.29, 0.717) is 5.56 Å². The van der Waals surface area contributed by atoms with Crippen LogP contribution in [0, 0.1) is 0 Å². The zero-order valence-corrected chi connectivity index (χ0v) is 16.3. The zero-order valence-electron chi connectivity index (χ0n) is 16.3. The third kappa shape index (κ3) is 3.70. The van der Waals surface area contributed by atoms with Gasteiger partial charge in [-0.25, -0.2) is 0 Å². The maximum Gasteiger partial charge on any atom is 0.255 e. The summed E-state index contributed by atoms with van der Waals surface area (Å²) in [6, 6.07) is 22.2. The molecule has 0 heterocycles. The number of carbonyl (C=O) groups excluding carboxylic acids is 1. The van der Waals surface area contributed by atoms with E-state index in [2.05, 4.69) is 47.8 Å². The summed E-state index contributed by atoms with van der Waals surface area (Å²) in [4.78, 5) is 14.6. The maximum absolute atomic E-state index is 12.6.